The molecule has 98 valence electrons. The quantitative estimate of drug-likeness (QED) is 0.573. The van der Waals surface area contributed by atoms with Crippen molar-refractivity contribution in [3.8, 4) is 0 Å². The Hall–Kier alpha value is -1.68. The van der Waals surface area contributed by atoms with Crippen molar-refractivity contribution < 1.29 is 13.9 Å². The molecule has 18 heavy (non-hydrogen) atoms. The lowest BCUT2D eigenvalue weighted by Gasteiger charge is -2.14. The first-order valence-corrected chi connectivity index (χ1v) is 5.81. The van der Waals surface area contributed by atoms with Gasteiger partial charge in [0.25, 0.3) is 0 Å². The molecule has 0 saturated heterocycles. The molecule has 0 heterocycles. The highest BCUT2D eigenvalue weighted by molar-refractivity contribution is 5.91. The number of likely N-dealkylation sites (N-methyl/N-ethyl adjacent to an activating group) is 1. The number of ether oxygens (including phenoxy) is 1. The first-order chi connectivity index (χ1) is 8.63. The fraction of sp³-hybridized carbons (Fsp3) is 0.357. The van der Waals surface area contributed by atoms with Crippen LogP contribution in [0.2, 0.25) is 0 Å². The van der Waals surface area contributed by atoms with E-state index in [9.17, 15) is 9.18 Å². The zero-order chi connectivity index (χ0) is 13.4. The van der Waals surface area contributed by atoms with Gasteiger partial charge in [0.05, 0.1) is 0 Å². The Morgan fingerprint density at radius 2 is 2.06 bits per heavy atom. The van der Waals surface area contributed by atoms with Crippen LogP contribution in [-0.2, 0) is 9.53 Å². The van der Waals surface area contributed by atoms with Crippen molar-refractivity contribution in [3.05, 3.63) is 41.7 Å². The van der Waals surface area contributed by atoms with Crippen LogP contribution in [0.1, 0.15) is 12.0 Å². The van der Waals surface area contributed by atoms with Gasteiger partial charge in [0, 0.05) is 33.4 Å². The second-order valence-corrected chi connectivity index (χ2v) is 3.99. The number of carbonyl (C=O) groups excluding carboxylic acids is 1. The summed E-state index contributed by atoms with van der Waals surface area (Å²) in [5.41, 5.74) is 0.801. The van der Waals surface area contributed by atoms with E-state index < -0.39 is 0 Å². The van der Waals surface area contributed by atoms with Crippen molar-refractivity contribution in [2.24, 2.45) is 0 Å². The summed E-state index contributed by atoms with van der Waals surface area (Å²) in [6.45, 7) is 1.29. The largest absolute Gasteiger partial charge is 0.385 e. The summed E-state index contributed by atoms with van der Waals surface area (Å²) in [6, 6.07) is 5.99. The molecule has 1 rings (SSSR count). The van der Waals surface area contributed by atoms with Gasteiger partial charge in [-0.15, -0.1) is 0 Å². The molecule has 1 aromatic rings. The number of rotatable bonds is 6. The van der Waals surface area contributed by atoms with E-state index in [0.29, 0.717) is 13.2 Å². The molecule has 0 spiro atoms. The Bertz CT molecular complexity index is 401. The number of hydrogen-bond donors (Lipinski definition) is 0. The lowest BCUT2D eigenvalue weighted by Crippen LogP contribution is -2.26. The van der Waals surface area contributed by atoms with E-state index in [4.69, 9.17) is 4.74 Å². The number of benzene rings is 1. The maximum Gasteiger partial charge on any atom is 0.246 e. The molecule has 0 aliphatic carbocycles. The molecule has 0 fully saturated rings. The molecule has 4 heteroatoms. The van der Waals surface area contributed by atoms with E-state index in [1.807, 2.05) is 0 Å². The molecule has 0 N–H and O–H groups in total. The predicted octanol–water partition coefficient (Wildman–Crippen LogP) is 2.33. The molecule has 0 radical (unpaired) electrons. The van der Waals surface area contributed by atoms with Crippen LogP contribution in [0, 0.1) is 5.82 Å². The lowest BCUT2D eigenvalue weighted by atomic mass is 10.2. The smallest absolute Gasteiger partial charge is 0.246 e. The first kappa shape index (κ1) is 14.4. The summed E-state index contributed by atoms with van der Waals surface area (Å²) < 4.78 is 17.6. The van der Waals surface area contributed by atoms with Crippen LogP contribution < -0.4 is 0 Å². The van der Waals surface area contributed by atoms with Crippen LogP contribution in [0.15, 0.2) is 30.3 Å². The van der Waals surface area contributed by atoms with Gasteiger partial charge in [-0.05, 0) is 30.2 Å². The van der Waals surface area contributed by atoms with Crippen molar-refractivity contribution >= 4 is 12.0 Å². The zero-order valence-electron chi connectivity index (χ0n) is 10.7. The zero-order valence-corrected chi connectivity index (χ0v) is 10.7. The second-order valence-electron chi connectivity index (χ2n) is 3.99. The number of hydrogen-bond acceptors (Lipinski definition) is 2. The maximum atomic E-state index is 12.7. The van der Waals surface area contributed by atoms with Gasteiger partial charge in [0.2, 0.25) is 5.91 Å². The third-order valence-corrected chi connectivity index (χ3v) is 2.51. The Labute approximate surface area is 107 Å². The molecule has 1 aromatic carbocycles. The lowest BCUT2D eigenvalue weighted by molar-refractivity contribution is -0.124. The summed E-state index contributed by atoms with van der Waals surface area (Å²) in [7, 11) is 3.38. The molecule has 1 amide bonds. The van der Waals surface area contributed by atoms with E-state index in [0.717, 1.165) is 12.0 Å². The number of halogens is 1. The Kier molecular flexibility index (Phi) is 6.08. The molecule has 0 saturated carbocycles. The summed E-state index contributed by atoms with van der Waals surface area (Å²) in [5.74, 6) is -0.356. The third kappa shape index (κ3) is 5.10. The summed E-state index contributed by atoms with van der Waals surface area (Å²) in [4.78, 5) is 13.3. The number of nitrogens with zero attached hydrogens (tertiary/aromatic N) is 1. The average molecular weight is 251 g/mol. The topological polar surface area (TPSA) is 29.5 Å². The van der Waals surface area contributed by atoms with Crippen LogP contribution in [0.25, 0.3) is 6.08 Å². The molecule has 0 aromatic heterocycles. The second kappa shape index (κ2) is 7.61. The van der Waals surface area contributed by atoms with E-state index >= 15 is 0 Å². The third-order valence-electron chi connectivity index (χ3n) is 2.51. The summed E-state index contributed by atoms with van der Waals surface area (Å²) in [6.07, 6.45) is 3.97. The van der Waals surface area contributed by atoms with E-state index in [2.05, 4.69) is 0 Å². The maximum absolute atomic E-state index is 12.7. The molecule has 0 aliphatic heterocycles. The Morgan fingerprint density at radius 3 is 2.67 bits per heavy atom. The van der Waals surface area contributed by atoms with Gasteiger partial charge in [-0.2, -0.15) is 0 Å². The van der Waals surface area contributed by atoms with Crippen LogP contribution in [0.4, 0.5) is 4.39 Å². The molecular formula is C14H18FNO2. The van der Waals surface area contributed by atoms with E-state index in [1.165, 1.54) is 18.2 Å². The van der Waals surface area contributed by atoms with Gasteiger partial charge in [-0.25, -0.2) is 4.39 Å². The van der Waals surface area contributed by atoms with Gasteiger partial charge < -0.3 is 9.64 Å². The Balaban J connectivity index is 2.45. The molecular weight excluding hydrogens is 233 g/mol. The fourth-order valence-electron chi connectivity index (χ4n) is 1.42. The van der Waals surface area contributed by atoms with Crippen molar-refractivity contribution in [3.63, 3.8) is 0 Å². The number of amides is 1. The SMILES string of the molecule is COCCCN(C)C(=O)/C=C/c1ccc(F)cc1. The molecule has 3 nitrogen and oxygen atoms in total. The standard InChI is InChI=1S/C14H18FNO2/c1-16(10-3-11-18-2)14(17)9-6-12-4-7-13(15)8-5-12/h4-9H,3,10-11H2,1-2H3/b9-6+. The van der Waals surface area contributed by atoms with Gasteiger partial charge in [0.1, 0.15) is 5.82 Å². The van der Waals surface area contributed by atoms with Crippen molar-refractivity contribution in [1.29, 1.82) is 0 Å². The van der Waals surface area contributed by atoms with E-state index in [-0.39, 0.29) is 11.7 Å². The Morgan fingerprint density at radius 1 is 1.39 bits per heavy atom. The number of methoxy groups -OCH3 is 1. The molecule has 0 aliphatic rings. The normalized spacial score (nSPS) is 10.8. The molecule has 0 bridgehead atoms. The highest BCUT2D eigenvalue weighted by Gasteiger charge is 2.03. The van der Waals surface area contributed by atoms with Crippen molar-refractivity contribution in [1.82, 2.24) is 4.90 Å². The minimum atomic E-state index is -0.282. The van der Waals surface area contributed by atoms with Gasteiger partial charge >= 0.3 is 0 Å². The van der Waals surface area contributed by atoms with Gasteiger partial charge in [0.15, 0.2) is 0 Å². The van der Waals surface area contributed by atoms with Crippen LogP contribution in [-0.4, -0.2) is 38.1 Å². The summed E-state index contributed by atoms with van der Waals surface area (Å²) >= 11 is 0. The average Bonchev–Trinajstić information content (AvgIpc) is 2.38. The monoisotopic (exact) mass is 251 g/mol. The highest BCUT2D eigenvalue weighted by Crippen LogP contribution is 2.05. The molecule has 0 unspecified atom stereocenters. The van der Waals surface area contributed by atoms with Crippen LogP contribution in [0.3, 0.4) is 0 Å². The molecule has 0 atom stereocenters. The van der Waals surface area contributed by atoms with Gasteiger partial charge in [-0.1, -0.05) is 12.1 Å². The highest BCUT2D eigenvalue weighted by atomic mass is 19.1. The number of carbonyl (C=O) groups is 1. The first-order valence-electron chi connectivity index (χ1n) is 5.81. The van der Waals surface area contributed by atoms with Gasteiger partial charge in [-0.3, -0.25) is 4.79 Å². The van der Waals surface area contributed by atoms with Crippen molar-refractivity contribution in [2.45, 2.75) is 6.42 Å². The summed E-state index contributed by atoms with van der Waals surface area (Å²) in [5, 5.41) is 0. The predicted molar refractivity (Wildman–Crippen MR) is 69.6 cm³/mol. The van der Waals surface area contributed by atoms with Crippen molar-refractivity contribution in [2.75, 3.05) is 27.3 Å². The van der Waals surface area contributed by atoms with E-state index in [1.54, 1.807) is 37.3 Å². The van der Waals surface area contributed by atoms with Crippen LogP contribution in [0.5, 0.6) is 0 Å². The fourth-order valence-corrected chi connectivity index (χ4v) is 1.42. The minimum Gasteiger partial charge on any atom is -0.385 e. The van der Waals surface area contributed by atoms with Crippen LogP contribution >= 0.6 is 0 Å². The minimum absolute atomic E-state index is 0.0737.